The summed E-state index contributed by atoms with van der Waals surface area (Å²) in [6, 6.07) is 14.6. The van der Waals surface area contributed by atoms with Crippen molar-refractivity contribution in [1.29, 1.82) is 0 Å². The SMILES string of the molecule is CN1[C@@H]2Cn3c(ccc(-c4ccccc4F)c3=O)[C@H]1[C@@H](C(=O)NCc1ccccn1)[C@@H]2CO. The first-order valence-electron chi connectivity index (χ1n) is 11.0. The summed E-state index contributed by atoms with van der Waals surface area (Å²) >= 11 is 0. The predicted molar refractivity (Wildman–Crippen MR) is 121 cm³/mol. The zero-order chi connectivity index (χ0) is 23.1. The van der Waals surface area contributed by atoms with E-state index in [9.17, 15) is 19.1 Å². The van der Waals surface area contributed by atoms with Crippen molar-refractivity contribution in [2.45, 2.75) is 25.2 Å². The van der Waals surface area contributed by atoms with E-state index in [4.69, 9.17) is 0 Å². The van der Waals surface area contributed by atoms with Crippen LogP contribution in [0.15, 0.2) is 65.6 Å². The topological polar surface area (TPSA) is 87.5 Å². The van der Waals surface area contributed by atoms with E-state index in [-0.39, 0.29) is 53.7 Å². The van der Waals surface area contributed by atoms with Gasteiger partial charge in [-0.25, -0.2) is 4.39 Å². The van der Waals surface area contributed by atoms with Crippen LogP contribution in [0.4, 0.5) is 4.39 Å². The van der Waals surface area contributed by atoms with Crippen LogP contribution in [0.25, 0.3) is 11.1 Å². The molecule has 4 heterocycles. The number of benzene rings is 1. The molecule has 2 bridgehead atoms. The third-order valence-electron chi connectivity index (χ3n) is 6.99. The molecular formula is C25H25FN4O3. The van der Waals surface area contributed by atoms with E-state index in [0.29, 0.717) is 12.2 Å². The van der Waals surface area contributed by atoms with Gasteiger partial charge in [0.15, 0.2) is 0 Å². The Kier molecular flexibility index (Phi) is 5.55. The molecule has 170 valence electrons. The lowest BCUT2D eigenvalue weighted by Crippen LogP contribution is -2.44. The number of aromatic nitrogens is 2. The molecule has 2 aliphatic rings. The van der Waals surface area contributed by atoms with Gasteiger partial charge in [0.05, 0.1) is 29.8 Å². The molecule has 0 spiro atoms. The maximum atomic E-state index is 14.4. The minimum atomic E-state index is -0.527. The molecule has 2 N–H and O–H groups in total. The van der Waals surface area contributed by atoms with Crippen molar-refractivity contribution in [3.8, 4) is 11.1 Å². The Bertz CT molecular complexity index is 1250. The van der Waals surface area contributed by atoms with Gasteiger partial charge in [-0.15, -0.1) is 0 Å². The minimum Gasteiger partial charge on any atom is -0.396 e. The number of hydrogen-bond donors (Lipinski definition) is 2. The summed E-state index contributed by atoms with van der Waals surface area (Å²) < 4.78 is 16.0. The van der Waals surface area contributed by atoms with E-state index >= 15 is 0 Å². The van der Waals surface area contributed by atoms with Gasteiger partial charge in [-0.05, 0) is 37.4 Å². The number of rotatable bonds is 5. The number of halogens is 1. The number of nitrogens with one attached hydrogen (secondary N) is 1. The number of likely N-dealkylation sites (N-methyl/N-ethyl adjacent to an activating group) is 1. The fourth-order valence-electron chi connectivity index (χ4n) is 5.37. The molecular weight excluding hydrogens is 423 g/mol. The fraction of sp³-hybridized carbons (Fsp3) is 0.320. The average Bonchev–Trinajstić information content (AvgIpc) is 3.01. The van der Waals surface area contributed by atoms with Crippen molar-refractivity contribution in [2.24, 2.45) is 11.8 Å². The summed E-state index contributed by atoms with van der Waals surface area (Å²) in [7, 11) is 1.92. The summed E-state index contributed by atoms with van der Waals surface area (Å²) in [5.41, 5.74) is 1.71. The maximum absolute atomic E-state index is 14.4. The number of aliphatic hydroxyl groups is 1. The Morgan fingerprint density at radius 2 is 1.94 bits per heavy atom. The first-order chi connectivity index (χ1) is 16.0. The molecule has 0 saturated carbocycles. The van der Waals surface area contributed by atoms with Crippen molar-refractivity contribution in [3.05, 3.63) is 88.4 Å². The number of fused-ring (bicyclic) bond motifs is 4. The number of nitrogens with zero attached hydrogens (tertiary/aromatic N) is 3. The van der Waals surface area contributed by atoms with Gasteiger partial charge in [0.2, 0.25) is 5.91 Å². The molecule has 1 fully saturated rings. The zero-order valence-electron chi connectivity index (χ0n) is 18.2. The molecule has 0 unspecified atom stereocenters. The van der Waals surface area contributed by atoms with Crippen LogP contribution in [-0.4, -0.2) is 45.2 Å². The van der Waals surface area contributed by atoms with Crippen LogP contribution in [0, 0.1) is 17.7 Å². The molecule has 3 aromatic rings. The van der Waals surface area contributed by atoms with Crippen molar-refractivity contribution in [1.82, 2.24) is 19.8 Å². The third kappa shape index (κ3) is 3.55. The van der Waals surface area contributed by atoms with Gasteiger partial charge >= 0.3 is 0 Å². The lowest BCUT2D eigenvalue weighted by molar-refractivity contribution is -0.127. The maximum Gasteiger partial charge on any atom is 0.258 e. The first-order valence-corrected chi connectivity index (χ1v) is 11.0. The summed E-state index contributed by atoms with van der Waals surface area (Å²) in [5, 5.41) is 13.1. The van der Waals surface area contributed by atoms with E-state index in [0.717, 1.165) is 5.69 Å². The van der Waals surface area contributed by atoms with E-state index < -0.39 is 11.7 Å². The lowest BCUT2D eigenvalue weighted by Gasteiger charge is -2.35. The summed E-state index contributed by atoms with van der Waals surface area (Å²) in [6.07, 6.45) is 1.67. The molecule has 7 nitrogen and oxygen atoms in total. The van der Waals surface area contributed by atoms with Crippen LogP contribution in [0.1, 0.15) is 17.4 Å². The Morgan fingerprint density at radius 3 is 2.67 bits per heavy atom. The molecule has 1 aromatic carbocycles. The van der Waals surface area contributed by atoms with Crippen LogP contribution >= 0.6 is 0 Å². The molecule has 0 aliphatic carbocycles. The highest BCUT2D eigenvalue weighted by Crippen LogP contribution is 2.47. The van der Waals surface area contributed by atoms with E-state index in [1.807, 2.05) is 25.2 Å². The van der Waals surface area contributed by atoms with Gasteiger partial charge in [-0.3, -0.25) is 19.5 Å². The van der Waals surface area contributed by atoms with Crippen LogP contribution in [0.3, 0.4) is 0 Å². The molecule has 1 saturated heterocycles. The largest absolute Gasteiger partial charge is 0.396 e. The molecule has 4 atom stereocenters. The molecule has 8 heteroatoms. The van der Waals surface area contributed by atoms with Gasteiger partial charge < -0.3 is 15.0 Å². The van der Waals surface area contributed by atoms with Gasteiger partial charge in [0.1, 0.15) is 5.82 Å². The number of amides is 1. The van der Waals surface area contributed by atoms with Crippen LogP contribution in [0.2, 0.25) is 0 Å². The van der Waals surface area contributed by atoms with E-state index in [1.54, 1.807) is 41.1 Å². The predicted octanol–water partition coefficient (Wildman–Crippen LogP) is 1.96. The van der Waals surface area contributed by atoms with Gasteiger partial charge in [-0.1, -0.05) is 24.3 Å². The highest BCUT2D eigenvalue weighted by atomic mass is 19.1. The van der Waals surface area contributed by atoms with Crippen molar-refractivity contribution >= 4 is 5.91 Å². The van der Waals surface area contributed by atoms with Crippen LogP contribution in [-0.2, 0) is 17.9 Å². The second kappa shape index (κ2) is 8.53. The van der Waals surface area contributed by atoms with Crippen molar-refractivity contribution in [3.63, 3.8) is 0 Å². The first kappa shape index (κ1) is 21.5. The smallest absolute Gasteiger partial charge is 0.258 e. The number of pyridine rings is 2. The highest BCUT2D eigenvalue weighted by molar-refractivity contribution is 5.80. The summed E-state index contributed by atoms with van der Waals surface area (Å²) in [5.74, 6) is -1.50. The molecule has 33 heavy (non-hydrogen) atoms. The van der Waals surface area contributed by atoms with Gasteiger partial charge in [0, 0.05) is 42.6 Å². The molecule has 5 rings (SSSR count). The molecule has 2 aromatic heterocycles. The monoisotopic (exact) mass is 448 g/mol. The van der Waals surface area contributed by atoms with Crippen molar-refractivity contribution < 1.29 is 14.3 Å². The Balaban J connectivity index is 1.51. The quantitative estimate of drug-likeness (QED) is 0.623. The fourth-order valence-corrected chi connectivity index (χ4v) is 5.37. The summed E-state index contributed by atoms with van der Waals surface area (Å²) in [6.45, 7) is 0.448. The van der Waals surface area contributed by atoms with Gasteiger partial charge in [0.25, 0.3) is 5.56 Å². The van der Waals surface area contributed by atoms with Crippen molar-refractivity contribution in [2.75, 3.05) is 13.7 Å². The summed E-state index contributed by atoms with van der Waals surface area (Å²) in [4.78, 5) is 33.0. The molecule has 2 aliphatic heterocycles. The number of aliphatic hydroxyl groups excluding tert-OH is 1. The number of hydrogen-bond acceptors (Lipinski definition) is 5. The van der Waals surface area contributed by atoms with E-state index in [1.165, 1.54) is 6.07 Å². The second-order valence-corrected chi connectivity index (χ2v) is 8.66. The van der Waals surface area contributed by atoms with Crippen LogP contribution in [0.5, 0.6) is 0 Å². The zero-order valence-corrected chi connectivity index (χ0v) is 18.2. The lowest BCUT2D eigenvalue weighted by atomic mass is 9.86. The highest BCUT2D eigenvalue weighted by Gasteiger charge is 2.54. The number of carbonyl (C=O) groups excluding carboxylic acids is 1. The van der Waals surface area contributed by atoms with Crippen LogP contribution < -0.4 is 10.9 Å². The Hall–Kier alpha value is -3.36. The third-order valence-corrected chi connectivity index (χ3v) is 6.99. The Morgan fingerprint density at radius 1 is 1.15 bits per heavy atom. The molecule has 1 amide bonds. The molecule has 0 radical (unpaired) electrons. The van der Waals surface area contributed by atoms with E-state index in [2.05, 4.69) is 15.2 Å². The minimum absolute atomic E-state index is 0.171. The number of carbonyl (C=O) groups is 1. The normalized spacial score (nSPS) is 23.8. The standard InChI is InChI=1S/C25H25FN4O3/c1-29-21-13-30-20(10-9-17(25(30)33)16-7-2-3-8-19(16)26)23(29)22(18(21)14-31)24(32)28-12-15-6-4-5-11-27-15/h2-11,18,21-23,31H,12-14H2,1H3,(H,28,32)/t18-,21-,22+,23+/m1/s1. The Labute approximate surface area is 190 Å². The van der Waals surface area contributed by atoms with Gasteiger partial charge in [-0.2, -0.15) is 0 Å². The second-order valence-electron chi connectivity index (χ2n) is 8.66. The average molecular weight is 448 g/mol.